The van der Waals surface area contributed by atoms with Gasteiger partial charge in [0.2, 0.25) is 0 Å². The van der Waals surface area contributed by atoms with Gasteiger partial charge in [-0.25, -0.2) is 4.98 Å². The van der Waals surface area contributed by atoms with E-state index in [1.54, 1.807) is 6.92 Å². The van der Waals surface area contributed by atoms with Crippen LogP contribution in [-0.4, -0.2) is 15.3 Å². The van der Waals surface area contributed by atoms with Crippen LogP contribution in [0.4, 0.5) is 0 Å². The van der Waals surface area contributed by atoms with E-state index in [0.717, 1.165) is 33.4 Å². The predicted molar refractivity (Wildman–Crippen MR) is 103 cm³/mol. The highest BCUT2D eigenvalue weighted by atomic mass is 16.5. The van der Waals surface area contributed by atoms with Gasteiger partial charge in [-0.15, -0.1) is 0 Å². The lowest BCUT2D eigenvalue weighted by molar-refractivity contribution is -0.119. The number of nitrogens with zero attached hydrogens (tertiary/aromatic N) is 2. The molecule has 4 heteroatoms. The Morgan fingerprint density at radius 1 is 1.04 bits per heavy atom. The average Bonchev–Trinajstić information content (AvgIpc) is 3.03. The number of carbonyl (C=O) groups is 1. The molecule has 3 aromatic carbocycles. The molecule has 26 heavy (non-hydrogen) atoms. The minimum Gasteiger partial charge on any atom is -0.485 e. The fraction of sp³-hybridized carbons (Fsp3) is 0.182. The van der Waals surface area contributed by atoms with E-state index in [1.807, 2.05) is 66.1 Å². The number of hydrogen-bond acceptors (Lipinski definition) is 3. The molecular formula is C22H20N2O2. The van der Waals surface area contributed by atoms with E-state index in [-0.39, 0.29) is 11.8 Å². The predicted octanol–water partition coefficient (Wildman–Crippen LogP) is 4.92. The quantitative estimate of drug-likeness (QED) is 0.516. The molecule has 0 N–H and O–H groups in total. The van der Waals surface area contributed by atoms with E-state index >= 15 is 0 Å². The van der Waals surface area contributed by atoms with Crippen molar-refractivity contribution >= 4 is 27.6 Å². The number of para-hydroxylation sites is 2. The molecule has 1 heterocycles. The van der Waals surface area contributed by atoms with Gasteiger partial charge in [0.25, 0.3) is 0 Å². The van der Waals surface area contributed by atoms with Crippen molar-refractivity contribution in [3.63, 3.8) is 0 Å². The van der Waals surface area contributed by atoms with E-state index in [1.165, 1.54) is 0 Å². The minimum atomic E-state index is -0.284. The monoisotopic (exact) mass is 344 g/mol. The van der Waals surface area contributed by atoms with E-state index in [4.69, 9.17) is 9.72 Å². The maximum Gasteiger partial charge on any atom is 0.152 e. The van der Waals surface area contributed by atoms with Gasteiger partial charge in [0, 0.05) is 5.39 Å². The van der Waals surface area contributed by atoms with Crippen LogP contribution in [0.15, 0.2) is 66.7 Å². The molecule has 0 fully saturated rings. The van der Waals surface area contributed by atoms with Crippen molar-refractivity contribution in [3.05, 3.63) is 72.6 Å². The Bertz CT molecular complexity index is 1090. The third-order valence-corrected chi connectivity index (χ3v) is 4.75. The van der Waals surface area contributed by atoms with Gasteiger partial charge in [0.15, 0.2) is 5.78 Å². The van der Waals surface area contributed by atoms with Crippen LogP contribution in [0.5, 0.6) is 5.75 Å². The van der Waals surface area contributed by atoms with E-state index in [2.05, 4.69) is 12.1 Å². The smallest absolute Gasteiger partial charge is 0.152 e. The third kappa shape index (κ3) is 2.84. The van der Waals surface area contributed by atoms with Gasteiger partial charge in [-0.05, 0) is 37.4 Å². The first-order valence-electron chi connectivity index (χ1n) is 8.72. The maximum absolute atomic E-state index is 12.0. The molecule has 4 nitrogen and oxygen atoms in total. The Kier molecular flexibility index (Phi) is 4.17. The Hall–Kier alpha value is -3.14. The first-order chi connectivity index (χ1) is 12.6. The van der Waals surface area contributed by atoms with Gasteiger partial charge in [-0.2, -0.15) is 0 Å². The SMILES string of the molecule is CC(=O)C(C)n1c(COc2cccc3ccccc23)nc2ccccc21. The number of carbonyl (C=O) groups excluding carboxylic acids is 1. The first kappa shape index (κ1) is 16.3. The van der Waals surface area contributed by atoms with E-state index < -0.39 is 0 Å². The van der Waals surface area contributed by atoms with Gasteiger partial charge in [0.1, 0.15) is 18.2 Å². The number of fused-ring (bicyclic) bond motifs is 2. The third-order valence-electron chi connectivity index (χ3n) is 4.75. The Morgan fingerprint density at radius 2 is 1.77 bits per heavy atom. The number of Topliss-reactive ketones (excluding diaryl/α,β-unsaturated/α-hetero) is 1. The number of rotatable bonds is 5. The lowest BCUT2D eigenvalue weighted by Crippen LogP contribution is -2.17. The number of benzene rings is 3. The fourth-order valence-electron chi connectivity index (χ4n) is 3.27. The fourth-order valence-corrected chi connectivity index (χ4v) is 3.27. The summed E-state index contributed by atoms with van der Waals surface area (Å²) >= 11 is 0. The standard InChI is InChI=1S/C22H20N2O2/c1-15(16(2)25)24-20-12-6-5-11-19(20)23-22(24)14-26-21-13-7-9-17-8-3-4-10-18(17)21/h3-13,15H,14H2,1-2H3. The molecule has 4 aromatic rings. The van der Waals surface area contributed by atoms with Crippen molar-refractivity contribution in [1.82, 2.24) is 9.55 Å². The number of ketones is 1. The summed E-state index contributed by atoms with van der Waals surface area (Å²) in [4.78, 5) is 16.7. The minimum absolute atomic E-state index is 0.0968. The molecule has 1 aromatic heterocycles. The summed E-state index contributed by atoms with van der Waals surface area (Å²) in [5, 5.41) is 2.20. The highest BCUT2D eigenvalue weighted by Gasteiger charge is 2.19. The molecular weight excluding hydrogens is 324 g/mol. The van der Waals surface area contributed by atoms with Crippen LogP contribution in [-0.2, 0) is 11.4 Å². The largest absolute Gasteiger partial charge is 0.485 e. The summed E-state index contributed by atoms with van der Waals surface area (Å²) in [6.45, 7) is 3.81. The summed E-state index contributed by atoms with van der Waals surface area (Å²) in [6, 6.07) is 21.7. The zero-order valence-electron chi connectivity index (χ0n) is 14.8. The number of ether oxygens (including phenoxy) is 1. The molecule has 0 saturated heterocycles. The second kappa shape index (κ2) is 6.64. The maximum atomic E-state index is 12.0. The van der Waals surface area contributed by atoms with Gasteiger partial charge in [0.05, 0.1) is 17.1 Å². The van der Waals surface area contributed by atoms with Crippen molar-refractivity contribution in [3.8, 4) is 5.75 Å². The van der Waals surface area contributed by atoms with E-state index in [0.29, 0.717) is 6.61 Å². The number of imidazole rings is 1. The van der Waals surface area contributed by atoms with Gasteiger partial charge >= 0.3 is 0 Å². The van der Waals surface area contributed by atoms with Gasteiger partial charge < -0.3 is 9.30 Å². The molecule has 1 unspecified atom stereocenters. The van der Waals surface area contributed by atoms with Crippen LogP contribution >= 0.6 is 0 Å². The van der Waals surface area contributed by atoms with Crippen LogP contribution in [0.3, 0.4) is 0 Å². The molecule has 0 aliphatic heterocycles. The molecule has 130 valence electrons. The van der Waals surface area contributed by atoms with Crippen molar-refractivity contribution in [2.75, 3.05) is 0 Å². The molecule has 0 saturated carbocycles. The normalized spacial score (nSPS) is 12.4. The summed E-state index contributed by atoms with van der Waals surface area (Å²) < 4.78 is 8.09. The molecule has 4 rings (SSSR count). The van der Waals surface area contributed by atoms with Crippen LogP contribution in [0.1, 0.15) is 25.7 Å². The molecule has 0 bridgehead atoms. The van der Waals surface area contributed by atoms with Crippen molar-refractivity contribution in [2.45, 2.75) is 26.5 Å². The highest BCUT2D eigenvalue weighted by Crippen LogP contribution is 2.27. The van der Waals surface area contributed by atoms with Gasteiger partial charge in [-0.1, -0.05) is 48.5 Å². The topological polar surface area (TPSA) is 44.1 Å². The summed E-state index contributed by atoms with van der Waals surface area (Å²) in [5.41, 5.74) is 1.82. The zero-order valence-corrected chi connectivity index (χ0v) is 14.8. The molecule has 0 spiro atoms. The summed E-state index contributed by atoms with van der Waals surface area (Å²) in [7, 11) is 0. The number of aromatic nitrogens is 2. The molecule has 0 radical (unpaired) electrons. The lowest BCUT2D eigenvalue weighted by Gasteiger charge is -2.16. The Labute approximate surface area is 152 Å². The van der Waals surface area contributed by atoms with Crippen LogP contribution in [0.25, 0.3) is 21.8 Å². The average molecular weight is 344 g/mol. The second-order valence-corrected chi connectivity index (χ2v) is 6.44. The Morgan fingerprint density at radius 3 is 2.62 bits per heavy atom. The molecule has 0 amide bonds. The summed E-state index contributed by atoms with van der Waals surface area (Å²) in [6.07, 6.45) is 0. The number of hydrogen-bond donors (Lipinski definition) is 0. The van der Waals surface area contributed by atoms with Crippen LogP contribution in [0, 0.1) is 0 Å². The Balaban J connectivity index is 1.73. The molecule has 0 aliphatic rings. The van der Waals surface area contributed by atoms with Crippen molar-refractivity contribution in [2.24, 2.45) is 0 Å². The van der Waals surface area contributed by atoms with E-state index in [9.17, 15) is 4.79 Å². The van der Waals surface area contributed by atoms with Crippen LogP contribution < -0.4 is 4.74 Å². The zero-order chi connectivity index (χ0) is 18.1. The molecule has 0 aliphatic carbocycles. The lowest BCUT2D eigenvalue weighted by atomic mass is 10.1. The first-order valence-corrected chi connectivity index (χ1v) is 8.72. The molecule has 1 atom stereocenters. The second-order valence-electron chi connectivity index (χ2n) is 6.44. The van der Waals surface area contributed by atoms with Crippen LogP contribution in [0.2, 0.25) is 0 Å². The highest BCUT2D eigenvalue weighted by molar-refractivity contribution is 5.88. The van der Waals surface area contributed by atoms with Gasteiger partial charge in [-0.3, -0.25) is 4.79 Å². The van der Waals surface area contributed by atoms with Crippen molar-refractivity contribution < 1.29 is 9.53 Å². The van der Waals surface area contributed by atoms with Crippen molar-refractivity contribution in [1.29, 1.82) is 0 Å². The summed E-state index contributed by atoms with van der Waals surface area (Å²) in [5.74, 6) is 1.67.